The zero-order chi connectivity index (χ0) is 13.2. The second-order valence-electron chi connectivity index (χ2n) is 4.68. The van der Waals surface area contributed by atoms with Crippen molar-refractivity contribution in [1.29, 1.82) is 0 Å². The van der Waals surface area contributed by atoms with Crippen LogP contribution in [0.25, 0.3) is 0 Å². The third-order valence-electron chi connectivity index (χ3n) is 3.09. The number of benzene rings is 1. The van der Waals surface area contributed by atoms with Crippen molar-refractivity contribution in [3.63, 3.8) is 0 Å². The molecule has 0 saturated carbocycles. The largest absolute Gasteiger partial charge is 0.318 e. The van der Waals surface area contributed by atoms with Gasteiger partial charge < -0.3 is 10.2 Å². The fourth-order valence-corrected chi connectivity index (χ4v) is 1.92. The SMILES string of the molecule is CNCCN1CCCC1.Cc1ccc(C=O)cc1. The third kappa shape index (κ3) is 5.94. The van der Waals surface area contributed by atoms with Crippen LogP contribution in [-0.4, -0.2) is 44.4 Å². The van der Waals surface area contributed by atoms with E-state index in [1.807, 2.05) is 38.2 Å². The summed E-state index contributed by atoms with van der Waals surface area (Å²) < 4.78 is 0. The van der Waals surface area contributed by atoms with E-state index in [-0.39, 0.29) is 0 Å². The number of likely N-dealkylation sites (N-methyl/N-ethyl adjacent to an activating group) is 1. The summed E-state index contributed by atoms with van der Waals surface area (Å²) in [6.07, 6.45) is 3.66. The molecule has 1 N–H and O–H groups in total. The van der Waals surface area contributed by atoms with Gasteiger partial charge in [0.15, 0.2) is 0 Å². The molecule has 3 heteroatoms. The van der Waals surface area contributed by atoms with Gasteiger partial charge in [0.2, 0.25) is 0 Å². The molecule has 3 nitrogen and oxygen atoms in total. The van der Waals surface area contributed by atoms with Crippen LogP contribution in [0.15, 0.2) is 24.3 Å². The summed E-state index contributed by atoms with van der Waals surface area (Å²) in [5.74, 6) is 0. The van der Waals surface area contributed by atoms with Gasteiger partial charge in [-0.3, -0.25) is 4.79 Å². The number of nitrogens with zero attached hydrogens (tertiary/aromatic N) is 1. The number of hydrogen-bond acceptors (Lipinski definition) is 3. The zero-order valence-electron chi connectivity index (χ0n) is 11.5. The number of hydrogen-bond donors (Lipinski definition) is 1. The van der Waals surface area contributed by atoms with Gasteiger partial charge in [0.25, 0.3) is 0 Å². The van der Waals surface area contributed by atoms with Crippen LogP contribution in [-0.2, 0) is 0 Å². The molecule has 1 aliphatic rings. The summed E-state index contributed by atoms with van der Waals surface area (Å²) in [6, 6.07) is 7.46. The first-order valence-electron chi connectivity index (χ1n) is 6.65. The van der Waals surface area contributed by atoms with Gasteiger partial charge >= 0.3 is 0 Å². The number of aldehydes is 1. The quantitative estimate of drug-likeness (QED) is 0.828. The molecule has 0 amide bonds. The van der Waals surface area contributed by atoms with Crippen molar-refractivity contribution in [2.45, 2.75) is 19.8 Å². The molecule has 0 unspecified atom stereocenters. The average Bonchev–Trinajstić information content (AvgIpc) is 2.91. The minimum atomic E-state index is 0.737. The molecule has 1 aromatic carbocycles. The van der Waals surface area contributed by atoms with Crippen molar-refractivity contribution in [2.75, 3.05) is 33.2 Å². The van der Waals surface area contributed by atoms with Crippen LogP contribution in [0.3, 0.4) is 0 Å². The Morgan fingerprint density at radius 1 is 1.22 bits per heavy atom. The molecule has 0 spiro atoms. The van der Waals surface area contributed by atoms with E-state index < -0.39 is 0 Å². The van der Waals surface area contributed by atoms with E-state index in [0.29, 0.717) is 0 Å². The minimum Gasteiger partial charge on any atom is -0.318 e. The number of likely N-dealkylation sites (tertiary alicyclic amines) is 1. The molecule has 1 fully saturated rings. The Kier molecular flexibility index (Phi) is 7.30. The first-order chi connectivity index (χ1) is 8.76. The molecular weight excluding hydrogens is 224 g/mol. The highest BCUT2D eigenvalue weighted by atomic mass is 16.1. The Balaban J connectivity index is 0.000000180. The van der Waals surface area contributed by atoms with Gasteiger partial charge in [-0.15, -0.1) is 0 Å². The maximum absolute atomic E-state index is 10.1. The summed E-state index contributed by atoms with van der Waals surface area (Å²) in [5.41, 5.74) is 1.92. The van der Waals surface area contributed by atoms with Crippen molar-refractivity contribution < 1.29 is 4.79 Å². The first-order valence-corrected chi connectivity index (χ1v) is 6.65. The summed E-state index contributed by atoms with van der Waals surface area (Å²) in [6.45, 7) is 7.01. The standard InChI is InChI=1S/C8H8O.C7H16N2/c1-7-2-4-8(6-9)5-3-7;1-8-4-7-9-5-2-3-6-9/h2-6H,1H3;8H,2-7H2,1H3. The van der Waals surface area contributed by atoms with Crippen LogP contribution >= 0.6 is 0 Å². The lowest BCUT2D eigenvalue weighted by atomic mass is 10.2. The predicted molar refractivity (Wildman–Crippen MR) is 76.2 cm³/mol. The van der Waals surface area contributed by atoms with Gasteiger partial charge in [0.05, 0.1) is 0 Å². The summed E-state index contributed by atoms with van der Waals surface area (Å²) in [7, 11) is 2.01. The topological polar surface area (TPSA) is 32.3 Å². The van der Waals surface area contributed by atoms with Gasteiger partial charge in [-0.25, -0.2) is 0 Å². The van der Waals surface area contributed by atoms with Crippen molar-refractivity contribution in [1.82, 2.24) is 10.2 Å². The summed E-state index contributed by atoms with van der Waals surface area (Å²) in [4.78, 5) is 12.6. The number of carbonyl (C=O) groups is 1. The van der Waals surface area contributed by atoms with E-state index >= 15 is 0 Å². The first kappa shape index (κ1) is 14.9. The lowest BCUT2D eigenvalue weighted by molar-refractivity contribution is 0.112. The van der Waals surface area contributed by atoms with Gasteiger partial charge in [-0.05, 0) is 39.9 Å². The molecule has 1 aliphatic heterocycles. The lowest BCUT2D eigenvalue weighted by Gasteiger charge is -2.12. The van der Waals surface area contributed by atoms with Gasteiger partial charge in [-0.2, -0.15) is 0 Å². The highest BCUT2D eigenvalue weighted by Gasteiger charge is 2.09. The molecule has 2 rings (SSSR count). The number of rotatable bonds is 4. The van der Waals surface area contributed by atoms with E-state index in [2.05, 4.69) is 10.2 Å². The minimum absolute atomic E-state index is 0.737. The van der Waals surface area contributed by atoms with Crippen molar-refractivity contribution in [3.8, 4) is 0 Å². The Bertz CT molecular complexity index is 329. The van der Waals surface area contributed by atoms with Crippen LogP contribution in [0.5, 0.6) is 0 Å². The highest BCUT2D eigenvalue weighted by Crippen LogP contribution is 2.05. The van der Waals surface area contributed by atoms with Crippen molar-refractivity contribution >= 4 is 6.29 Å². The Labute approximate surface area is 110 Å². The molecule has 100 valence electrons. The summed E-state index contributed by atoms with van der Waals surface area (Å²) >= 11 is 0. The Hall–Kier alpha value is -1.19. The molecule has 0 aliphatic carbocycles. The van der Waals surface area contributed by atoms with Crippen LogP contribution in [0.1, 0.15) is 28.8 Å². The van der Waals surface area contributed by atoms with Crippen LogP contribution < -0.4 is 5.32 Å². The molecule has 1 saturated heterocycles. The maximum Gasteiger partial charge on any atom is 0.150 e. The van der Waals surface area contributed by atoms with Crippen LogP contribution in [0.2, 0.25) is 0 Å². The predicted octanol–water partition coefficient (Wildman–Crippen LogP) is 2.11. The van der Waals surface area contributed by atoms with Crippen LogP contribution in [0.4, 0.5) is 0 Å². The third-order valence-corrected chi connectivity index (χ3v) is 3.09. The van der Waals surface area contributed by atoms with Crippen molar-refractivity contribution in [3.05, 3.63) is 35.4 Å². The van der Waals surface area contributed by atoms with E-state index in [1.54, 1.807) is 0 Å². The fourth-order valence-electron chi connectivity index (χ4n) is 1.92. The highest BCUT2D eigenvalue weighted by molar-refractivity contribution is 5.74. The second kappa shape index (κ2) is 8.84. The molecule has 0 aromatic heterocycles. The monoisotopic (exact) mass is 248 g/mol. The van der Waals surface area contributed by atoms with E-state index in [0.717, 1.165) is 18.4 Å². The van der Waals surface area contributed by atoms with E-state index in [4.69, 9.17) is 0 Å². The van der Waals surface area contributed by atoms with Crippen LogP contribution in [0, 0.1) is 6.92 Å². The average molecular weight is 248 g/mol. The molecule has 0 atom stereocenters. The Morgan fingerprint density at radius 3 is 2.33 bits per heavy atom. The van der Waals surface area contributed by atoms with Gasteiger partial charge in [-0.1, -0.05) is 29.8 Å². The normalized spacial score (nSPS) is 15.0. The summed E-state index contributed by atoms with van der Waals surface area (Å²) in [5, 5.41) is 3.15. The molecule has 0 bridgehead atoms. The number of nitrogens with one attached hydrogen (secondary N) is 1. The van der Waals surface area contributed by atoms with E-state index in [9.17, 15) is 4.79 Å². The Morgan fingerprint density at radius 2 is 1.83 bits per heavy atom. The smallest absolute Gasteiger partial charge is 0.150 e. The molecule has 1 heterocycles. The molecule has 0 radical (unpaired) electrons. The molecule has 18 heavy (non-hydrogen) atoms. The fraction of sp³-hybridized carbons (Fsp3) is 0.533. The van der Waals surface area contributed by atoms with E-state index in [1.165, 1.54) is 38.0 Å². The number of carbonyl (C=O) groups excluding carboxylic acids is 1. The zero-order valence-corrected chi connectivity index (χ0v) is 11.5. The molecular formula is C15H24N2O. The number of aryl methyl sites for hydroxylation is 1. The molecule has 1 aromatic rings. The van der Waals surface area contributed by atoms with Gasteiger partial charge in [0.1, 0.15) is 6.29 Å². The van der Waals surface area contributed by atoms with Gasteiger partial charge in [0, 0.05) is 18.7 Å². The second-order valence-corrected chi connectivity index (χ2v) is 4.68. The lowest BCUT2D eigenvalue weighted by Crippen LogP contribution is -2.27. The van der Waals surface area contributed by atoms with Crippen molar-refractivity contribution in [2.24, 2.45) is 0 Å². The maximum atomic E-state index is 10.1.